The zero-order valence-electron chi connectivity index (χ0n) is 13.5. The second-order valence-corrected chi connectivity index (χ2v) is 6.41. The number of nitrogens with two attached hydrogens (primary N) is 1. The van der Waals surface area contributed by atoms with Crippen LogP contribution in [0.4, 0.5) is 19.0 Å². The van der Waals surface area contributed by atoms with Crippen LogP contribution < -0.4 is 10.5 Å². The van der Waals surface area contributed by atoms with Gasteiger partial charge in [0.15, 0.2) is 11.5 Å². The molecule has 0 aliphatic rings. The fraction of sp³-hybridized carbons (Fsp3) is 0.250. The van der Waals surface area contributed by atoms with Gasteiger partial charge in [0.05, 0.1) is 18.5 Å². The number of nitrogen functional groups attached to an aromatic ring is 1. The van der Waals surface area contributed by atoms with E-state index in [-0.39, 0.29) is 11.6 Å². The van der Waals surface area contributed by atoms with Crippen LogP contribution in [0.5, 0.6) is 5.75 Å². The third-order valence-electron chi connectivity index (χ3n) is 3.78. The monoisotopic (exact) mass is 430 g/mol. The number of hydrogen-bond acceptors (Lipinski definition) is 5. The van der Waals surface area contributed by atoms with Crippen molar-refractivity contribution in [2.24, 2.45) is 0 Å². The summed E-state index contributed by atoms with van der Waals surface area (Å²) in [5, 5.41) is 8.95. The zero-order chi connectivity index (χ0) is 19.1. The van der Waals surface area contributed by atoms with Gasteiger partial charge >= 0.3 is 6.18 Å². The van der Waals surface area contributed by atoms with Crippen molar-refractivity contribution in [1.82, 2.24) is 14.4 Å². The van der Waals surface area contributed by atoms with Crippen molar-refractivity contribution < 1.29 is 23.0 Å². The molecule has 10 heteroatoms. The summed E-state index contributed by atoms with van der Waals surface area (Å²) in [4.78, 5) is 8.28. The van der Waals surface area contributed by atoms with Gasteiger partial charge in [0.1, 0.15) is 10.4 Å². The molecule has 138 valence electrons. The number of rotatable bonds is 4. The Kier molecular flexibility index (Phi) is 4.80. The van der Waals surface area contributed by atoms with Gasteiger partial charge in [0, 0.05) is 11.8 Å². The van der Waals surface area contributed by atoms with E-state index in [1.165, 1.54) is 12.1 Å². The highest BCUT2D eigenvalue weighted by Gasteiger charge is 2.41. The molecule has 6 nitrogen and oxygen atoms in total. The van der Waals surface area contributed by atoms with Crippen LogP contribution >= 0.6 is 15.9 Å². The Hall–Kier alpha value is -2.33. The Bertz CT molecular complexity index is 959. The molecule has 0 fully saturated rings. The molecule has 0 saturated carbocycles. The van der Waals surface area contributed by atoms with Gasteiger partial charge in [0.2, 0.25) is 6.10 Å². The number of fused-ring (bicyclic) bond motifs is 1. The van der Waals surface area contributed by atoms with E-state index in [2.05, 4.69) is 25.9 Å². The van der Waals surface area contributed by atoms with Gasteiger partial charge in [-0.3, -0.25) is 4.40 Å². The van der Waals surface area contributed by atoms with Gasteiger partial charge in [-0.1, -0.05) is 6.07 Å². The van der Waals surface area contributed by atoms with Gasteiger partial charge in [-0.05, 0) is 40.5 Å². The fourth-order valence-electron chi connectivity index (χ4n) is 2.50. The molecular formula is C16H14BrF3N4O2. The predicted molar refractivity (Wildman–Crippen MR) is 92.8 cm³/mol. The lowest BCUT2D eigenvalue weighted by Gasteiger charge is -2.20. The Morgan fingerprint density at radius 2 is 2.12 bits per heavy atom. The van der Waals surface area contributed by atoms with Crippen LogP contribution in [0.2, 0.25) is 0 Å². The molecule has 1 atom stereocenters. The summed E-state index contributed by atoms with van der Waals surface area (Å²) < 4.78 is 45.6. The SMILES string of the molecule is Cc1ccc(OC(CO)C(F)(F)F)cc1-c1cnc2c(N)nc(Br)cn12. The molecule has 1 aromatic carbocycles. The van der Waals surface area contributed by atoms with E-state index >= 15 is 0 Å². The van der Waals surface area contributed by atoms with Gasteiger partial charge in [-0.15, -0.1) is 0 Å². The van der Waals surface area contributed by atoms with Crippen molar-refractivity contribution in [3.8, 4) is 17.0 Å². The van der Waals surface area contributed by atoms with Crippen molar-refractivity contribution in [3.05, 3.63) is 40.8 Å². The molecule has 0 bridgehead atoms. The number of aryl methyl sites for hydroxylation is 1. The number of halogens is 4. The van der Waals surface area contributed by atoms with Crippen LogP contribution in [0, 0.1) is 6.92 Å². The second-order valence-electron chi connectivity index (χ2n) is 5.59. The number of anilines is 1. The minimum absolute atomic E-state index is 0.0157. The molecule has 0 saturated heterocycles. The molecule has 0 aliphatic carbocycles. The van der Waals surface area contributed by atoms with E-state index in [1.54, 1.807) is 22.9 Å². The lowest BCUT2D eigenvalue weighted by Crippen LogP contribution is -2.37. The number of aliphatic hydroxyl groups is 1. The average Bonchev–Trinajstić information content (AvgIpc) is 2.96. The van der Waals surface area contributed by atoms with Crippen molar-refractivity contribution in [1.29, 1.82) is 0 Å². The highest BCUT2D eigenvalue weighted by Crippen LogP contribution is 2.32. The van der Waals surface area contributed by atoms with Crippen LogP contribution in [0.15, 0.2) is 35.2 Å². The van der Waals surface area contributed by atoms with Gasteiger partial charge in [-0.2, -0.15) is 13.2 Å². The smallest absolute Gasteiger partial charge is 0.427 e. The molecule has 0 aliphatic heterocycles. The summed E-state index contributed by atoms with van der Waals surface area (Å²) in [6.07, 6.45) is -3.75. The Morgan fingerprint density at radius 3 is 2.77 bits per heavy atom. The number of alkyl halides is 3. The molecule has 0 amide bonds. The summed E-state index contributed by atoms with van der Waals surface area (Å²) in [6, 6.07) is 4.52. The van der Waals surface area contributed by atoms with Crippen molar-refractivity contribution in [3.63, 3.8) is 0 Å². The Labute approximate surface area is 154 Å². The standard InChI is InChI=1S/C16H14BrF3N4O2/c1-8-2-3-9(26-12(7-25)16(18,19)20)4-10(8)11-5-22-15-14(21)23-13(17)6-24(11)15/h2-6,12,25H,7H2,1H3,(H2,21,23). The summed E-state index contributed by atoms with van der Waals surface area (Å²) in [7, 11) is 0. The Balaban J connectivity index is 2.07. The van der Waals surface area contributed by atoms with E-state index in [1.807, 2.05) is 6.92 Å². The number of nitrogens with zero attached hydrogens (tertiary/aromatic N) is 3. The van der Waals surface area contributed by atoms with Crippen LogP contribution in [0.1, 0.15) is 5.56 Å². The molecule has 3 aromatic rings. The first kappa shape index (κ1) is 18.5. The average molecular weight is 431 g/mol. The molecule has 3 N–H and O–H groups in total. The highest BCUT2D eigenvalue weighted by atomic mass is 79.9. The number of imidazole rings is 1. The van der Waals surface area contributed by atoms with Gasteiger partial charge in [-0.25, -0.2) is 9.97 Å². The number of hydrogen-bond donors (Lipinski definition) is 2. The topological polar surface area (TPSA) is 85.7 Å². The molecule has 1 unspecified atom stereocenters. The van der Waals surface area contributed by atoms with Crippen molar-refractivity contribution in [2.45, 2.75) is 19.2 Å². The second kappa shape index (κ2) is 6.76. The number of aliphatic hydroxyl groups excluding tert-OH is 1. The van der Waals surface area contributed by atoms with Crippen molar-refractivity contribution >= 4 is 27.4 Å². The first-order valence-electron chi connectivity index (χ1n) is 7.45. The molecular weight excluding hydrogens is 417 g/mol. The molecule has 3 rings (SSSR count). The van der Waals surface area contributed by atoms with Gasteiger partial charge < -0.3 is 15.6 Å². The van der Waals surface area contributed by atoms with Crippen LogP contribution in [-0.4, -0.2) is 38.4 Å². The highest BCUT2D eigenvalue weighted by molar-refractivity contribution is 9.10. The Morgan fingerprint density at radius 1 is 1.38 bits per heavy atom. The summed E-state index contributed by atoms with van der Waals surface area (Å²) in [5.74, 6) is 0.200. The molecule has 26 heavy (non-hydrogen) atoms. The number of ether oxygens (including phenoxy) is 1. The molecule has 2 heterocycles. The molecule has 0 radical (unpaired) electrons. The van der Waals surface area contributed by atoms with E-state index in [4.69, 9.17) is 15.6 Å². The third kappa shape index (κ3) is 3.47. The van der Waals surface area contributed by atoms with Crippen LogP contribution in [0.25, 0.3) is 16.9 Å². The number of aromatic nitrogens is 3. The van der Waals surface area contributed by atoms with Crippen LogP contribution in [-0.2, 0) is 0 Å². The minimum Gasteiger partial charge on any atom is -0.478 e. The quantitative estimate of drug-likeness (QED) is 0.662. The lowest BCUT2D eigenvalue weighted by atomic mass is 10.1. The van der Waals surface area contributed by atoms with Gasteiger partial charge in [0.25, 0.3) is 0 Å². The molecule has 0 spiro atoms. The van der Waals surface area contributed by atoms with E-state index in [0.717, 1.165) is 5.56 Å². The summed E-state index contributed by atoms with van der Waals surface area (Å²) in [6.45, 7) is 0.642. The van der Waals surface area contributed by atoms with E-state index in [0.29, 0.717) is 21.5 Å². The normalized spacial score (nSPS) is 13.2. The van der Waals surface area contributed by atoms with Crippen molar-refractivity contribution in [2.75, 3.05) is 12.3 Å². The summed E-state index contributed by atoms with van der Waals surface area (Å²) >= 11 is 3.25. The third-order valence-corrected chi connectivity index (χ3v) is 4.17. The first-order chi connectivity index (χ1) is 12.2. The maximum Gasteiger partial charge on any atom is 0.427 e. The summed E-state index contributed by atoms with van der Waals surface area (Å²) in [5.41, 5.74) is 8.31. The minimum atomic E-state index is -4.67. The predicted octanol–water partition coefficient (Wildman–Crippen LogP) is 3.35. The largest absolute Gasteiger partial charge is 0.478 e. The zero-order valence-corrected chi connectivity index (χ0v) is 15.0. The number of benzene rings is 1. The van der Waals surface area contributed by atoms with Crippen LogP contribution in [0.3, 0.4) is 0 Å². The van der Waals surface area contributed by atoms with E-state index in [9.17, 15) is 13.2 Å². The lowest BCUT2D eigenvalue weighted by molar-refractivity contribution is -0.204. The molecule has 2 aromatic heterocycles. The fourth-order valence-corrected chi connectivity index (χ4v) is 2.90. The maximum absolute atomic E-state index is 12.8. The maximum atomic E-state index is 12.8. The first-order valence-corrected chi connectivity index (χ1v) is 8.24. The van der Waals surface area contributed by atoms with E-state index < -0.39 is 18.9 Å².